The zero-order chi connectivity index (χ0) is 18.9. The van der Waals surface area contributed by atoms with E-state index in [1.165, 1.54) is 64.2 Å². The molecule has 1 atom stereocenters. The summed E-state index contributed by atoms with van der Waals surface area (Å²) >= 11 is 0. The van der Waals surface area contributed by atoms with Crippen LogP contribution in [0.1, 0.15) is 98.8 Å². The molecule has 2 heteroatoms. The summed E-state index contributed by atoms with van der Waals surface area (Å²) in [7, 11) is 0. The van der Waals surface area contributed by atoms with Gasteiger partial charge in [0.05, 0.1) is 6.17 Å². The van der Waals surface area contributed by atoms with Crippen LogP contribution >= 0.6 is 0 Å². The fraction of sp³-hybridized carbons (Fsp3) is 0.913. The predicted molar refractivity (Wildman–Crippen MR) is 115 cm³/mol. The second kappa shape index (κ2) is 17.1. The third-order valence-electron chi connectivity index (χ3n) is 5.78. The van der Waals surface area contributed by atoms with Gasteiger partial charge in [-0.1, -0.05) is 85.6 Å². The molecular weight excluding hydrogens is 304 g/mol. The number of hydrogen-bond donors (Lipinski definition) is 0. The van der Waals surface area contributed by atoms with Crippen LogP contribution in [-0.4, -0.2) is 42.1 Å². The minimum Gasteiger partial charge on any atom is -0.288 e. The fourth-order valence-corrected chi connectivity index (χ4v) is 3.99. The van der Waals surface area contributed by atoms with Crippen molar-refractivity contribution in [3.05, 3.63) is 12.7 Å². The van der Waals surface area contributed by atoms with Crippen LogP contribution in [0.4, 0.5) is 0 Å². The summed E-state index contributed by atoms with van der Waals surface area (Å²) in [6.07, 6.45) is 16.5. The minimum absolute atomic E-state index is 0.599. The van der Waals surface area contributed by atoms with Crippen LogP contribution in [0.2, 0.25) is 0 Å². The zero-order valence-electron chi connectivity index (χ0n) is 18.2. The maximum atomic E-state index is 4.12. The predicted octanol–water partition coefficient (Wildman–Crippen LogP) is 6.72. The van der Waals surface area contributed by atoms with Gasteiger partial charge in [-0.05, 0) is 51.4 Å². The maximum absolute atomic E-state index is 4.12. The Kier molecular flexibility index (Phi) is 16.9. The lowest BCUT2D eigenvalue weighted by atomic mass is 9.94. The standard InChI is InChI=1S/C23H48N2/c1-7-13-14-15-16-17-18-19-22(8-2)20-21-23(24(9-3)10-4)25(11-5)12-6/h8,22-23H,2,7,9-21H2,1,3-6H3. The number of unbranched alkanes of at least 4 members (excludes halogenated alkanes) is 6. The van der Waals surface area contributed by atoms with Crippen molar-refractivity contribution in [2.75, 3.05) is 26.2 Å². The van der Waals surface area contributed by atoms with Crippen molar-refractivity contribution in [2.24, 2.45) is 5.92 Å². The van der Waals surface area contributed by atoms with E-state index >= 15 is 0 Å². The van der Waals surface area contributed by atoms with Crippen molar-refractivity contribution in [2.45, 2.75) is 105 Å². The Morgan fingerprint density at radius 3 is 1.56 bits per heavy atom. The van der Waals surface area contributed by atoms with Crippen molar-refractivity contribution in [3.63, 3.8) is 0 Å². The molecule has 0 aromatic rings. The van der Waals surface area contributed by atoms with Gasteiger partial charge >= 0.3 is 0 Å². The molecule has 0 spiro atoms. The van der Waals surface area contributed by atoms with Crippen molar-refractivity contribution >= 4 is 0 Å². The Labute approximate surface area is 160 Å². The van der Waals surface area contributed by atoms with Crippen LogP contribution in [0.15, 0.2) is 12.7 Å². The summed E-state index contributed by atoms with van der Waals surface area (Å²) in [6.45, 7) is 20.2. The van der Waals surface area contributed by atoms with E-state index in [4.69, 9.17) is 0 Å². The quantitative estimate of drug-likeness (QED) is 0.153. The van der Waals surface area contributed by atoms with E-state index in [1.54, 1.807) is 0 Å². The van der Waals surface area contributed by atoms with Crippen LogP contribution in [0, 0.1) is 5.92 Å². The molecule has 0 aliphatic rings. The highest BCUT2D eigenvalue weighted by Crippen LogP contribution is 2.22. The molecule has 0 N–H and O–H groups in total. The van der Waals surface area contributed by atoms with Crippen LogP contribution in [0.3, 0.4) is 0 Å². The lowest BCUT2D eigenvalue weighted by Crippen LogP contribution is -2.48. The third kappa shape index (κ3) is 11.1. The summed E-state index contributed by atoms with van der Waals surface area (Å²) < 4.78 is 0. The first-order chi connectivity index (χ1) is 12.2. The lowest BCUT2D eigenvalue weighted by molar-refractivity contribution is 0.0462. The normalized spacial score (nSPS) is 13.1. The van der Waals surface area contributed by atoms with E-state index in [1.807, 2.05) is 0 Å². The fourth-order valence-electron chi connectivity index (χ4n) is 3.99. The van der Waals surface area contributed by atoms with Gasteiger partial charge in [-0.3, -0.25) is 9.80 Å². The molecule has 1 unspecified atom stereocenters. The molecule has 0 amide bonds. The average Bonchev–Trinajstić information content (AvgIpc) is 2.64. The van der Waals surface area contributed by atoms with Gasteiger partial charge in [-0.15, -0.1) is 6.58 Å². The highest BCUT2D eigenvalue weighted by Gasteiger charge is 2.21. The van der Waals surface area contributed by atoms with Gasteiger partial charge in [0.25, 0.3) is 0 Å². The van der Waals surface area contributed by atoms with Crippen molar-refractivity contribution in [1.82, 2.24) is 9.80 Å². The minimum atomic E-state index is 0.599. The molecule has 0 aromatic heterocycles. The van der Waals surface area contributed by atoms with Gasteiger partial charge < -0.3 is 0 Å². The Morgan fingerprint density at radius 1 is 0.640 bits per heavy atom. The van der Waals surface area contributed by atoms with Gasteiger partial charge in [-0.2, -0.15) is 0 Å². The van der Waals surface area contributed by atoms with Gasteiger partial charge in [0.2, 0.25) is 0 Å². The molecule has 0 saturated carbocycles. The largest absolute Gasteiger partial charge is 0.288 e. The molecule has 0 heterocycles. The Bertz CT molecular complexity index is 270. The first kappa shape index (κ1) is 24.7. The molecule has 2 nitrogen and oxygen atoms in total. The summed E-state index contributed by atoms with van der Waals surface area (Å²) in [5.41, 5.74) is 0. The van der Waals surface area contributed by atoms with Crippen molar-refractivity contribution in [1.29, 1.82) is 0 Å². The molecule has 0 fully saturated rings. The van der Waals surface area contributed by atoms with E-state index < -0.39 is 0 Å². The highest BCUT2D eigenvalue weighted by atomic mass is 15.3. The molecule has 0 bridgehead atoms. The maximum Gasteiger partial charge on any atom is 0.0622 e. The topological polar surface area (TPSA) is 6.48 Å². The second-order valence-electron chi connectivity index (χ2n) is 7.41. The molecular formula is C23H48N2. The summed E-state index contributed by atoms with van der Waals surface area (Å²) in [4.78, 5) is 5.25. The van der Waals surface area contributed by atoms with E-state index in [9.17, 15) is 0 Å². The van der Waals surface area contributed by atoms with Crippen LogP contribution in [-0.2, 0) is 0 Å². The molecule has 150 valence electrons. The molecule has 0 aromatic carbocycles. The van der Waals surface area contributed by atoms with Crippen molar-refractivity contribution in [3.8, 4) is 0 Å². The smallest absolute Gasteiger partial charge is 0.0622 e. The molecule has 25 heavy (non-hydrogen) atoms. The molecule has 0 rings (SSSR count). The Balaban J connectivity index is 4.26. The summed E-state index contributed by atoms with van der Waals surface area (Å²) in [5, 5.41) is 0. The van der Waals surface area contributed by atoms with E-state index in [0.29, 0.717) is 12.1 Å². The van der Waals surface area contributed by atoms with Crippen molar-refractivity contribution < 1.29 is 0 Å². The Morgan fingerprint density at radius 2 is 1.12 bits per heavy atom. The van der Waals surface area contributed by atoms with E-state index in [2.05, 4.69) is 57.1 Å². The number of allylic oxidation sites excluding steroid dienone is 1. The molecule has 0 saturated heterocycles. The number of nitrogens with zero attached hydrogens (tertiary/aromatic N) is 2. The van der Waals surface area contributed by atoms with Gasteiger partial charge in [-0.25, -0.2) is 0 Å². The SMILES string of the molecule is C=CC(CCCCCCCCC)CCC(N(CC)CC)N(CC)CC. The first-order valence-electron chi connectivity index (χ1n) is 11.3. The molecule has 0 aliphatic carbocycles. The van der Waals surface area contributed by atoms with Crippen LogP contribution in [0.5, 0.6) is 0 Å². The second-order valence-corrected chi connectivity index (χ2v) is 7.41. The first-order valence-corrected chi connectivity index (χ1v) is 11.3. The zero-order valence-corrected chi connectivity index (χ0v) is 18.2. The van der Waals surface area contributed by atoms with E-state index in [-0.39, 0.29) is 0 Å². The van der Waals surface area contributed by atoms with Gasteiger partial charge in [0.15, 0.2) is 0 Å². The molecule has 0 aliphatic heterocycles. The molecule has 0 radical (unpaired) electrons. The third-order valence-corrected chi connectivity index (χ3v) is 5.78. The van der Waals surface area contributed by atoms with Crippen LogP contribution < -0.4 is 0 Å². The van der Waals surface area contributed by atoms with E-state index in [0.717, 1.165) is 26.2 Å². The highest BCUT2D eigenvalue weighted by molar-refractivity contribution is 4.81. The van der Waals surface area contributed by atoms with Gasteiger partial charge in [0, 0.05) is 0 Å². The van der Waals surface area contributed by atoms with Gasteiger partial charge in [0.1, 0.15) is 0 Å². The summed E-state index contributed by atoms with van der Waals surface area (Å²) in [6, 6.07) is 0. The Hall–Kier alpha value is -0.340. The number of rotatable bonds is 18. The number of hydrogen-bond acceptors (Lipinski definition) is 2. The monoisotopic (exact) mass is 352 g/mol. The summed E-state index contributed by atoms with van der Waals surface area (Å²) in [5.74, 6) is 0.698. The van der Waals surface area contributed by atoms with Crippen LogP contribution in [0.25, 0.3) is 0 Å². The average molecular weight is 353 g/mol. The lowest BCUT2D eigenvalue weighted by Gasteiger charge is -2.38.